The van der Waals surface area contributed by atoms with Crippen LogP contribution in [0.3, 0.4) is 0 Å². The molecule has 0 saturated carbocycles. The molecule has 0 radical (unpaired) electrons. The first-order valence-electron chi connectivity index (χ1n) is 6.61. The highest BCUT2D eigenvalue weighted by Gasteiger charge is 2.63. The number of sulfonamides is 1. The zero-order valence-corrected chi connectivity index (χ0v) is 12.4. The van der Waals surface area contributed by atoms with E-state index in [0.29, 0.717) is 9.87 Å². The van der Waals surface area contributed by atoms with Gasteiger partial charge in [0.05, 0.1) is 0 Å². The molecule has 3 rings (SSSR count). The van der Waals surface area contributed by atoms with E-state index in [-0.39, 0.29) is 24.9 Å². The summed E-state index contributed by atoms with van der Waals surface area (Å²) in [7, 11) is -4.19. The topological polar surface area (TPSA) is 57.7 Å². The number of fused-ring (bicyclic) bond motifs is 2. The van der Waals surface area contributed by atoms with Gasteiger partial charge in [-0.1, -0.05) is 18.2 Å². The molecule has 1 atom stereocenters. The van der Waals surface area contributed by atoms with Crippen LogP contribution >= 0.6 is 0 Å². The summed E-state index contributed by atoms with van der Waals surface area (Å²) in [6.07, 6.45) is 0.392. The number of nitrogens with zero attached hydrogens (tertiary/aromatic N) is 2. The summed E-state index contributed by atoms with van der Waals surface area (Å²) in [5.41, 5.74) is -6.42. The Labute approximate surface area is 125 Å². The van der Waals surface area contributed by atoms with E-state index >= 15 is 0 Å². The molecule has 1 aromatic carbocycles. The second kappa shape index (κ2) is 4.45. The highest BCUT2D eigenvalue weighted by atomic mass is 32.2. The van der Waals surface area contributed by atoms with E-state index in [2.05, 4.69) is 0 Å². The number of hydrogen-bond donors (Lipinski definition) is 0. The molecule has 22 heavy (non-hydrogen) atoms. The van der Waals surface area contributed by atoms with Gasteiger partial charge in [0.15, 0.2) is 0 Å². The summed E-state index contributed by atoms with van der Waals surface area (Å²) < 4.78 is 63.3. The standard InChI is InChI=1S/C13H13F3N2O3S/c1-17-11(19)9-5-2-3-6-10(9)12(17)7-4-8-18(12)22(20,21)13(14,15)16/h2-3,5-6H,4,7-8H2,1H3. The van der Waals surface area contributed by atoms with Gasteiger partial charge in [-0.3, -0.25) is 4.79 Å². The molecule has 2 aliphatic heterocycles. The molecule has 1 amide bonds. The van der Waals surface area contributed by atoms with Crippen molar-refractivity contribution < 1.29 is 26.4 Å². The van der Waals surface area contributed by atoms with E-state index in [1.165, 1.54) is 19.2 Å². The van der Waals surface area contributed by atoms with E-state index < -0.39 is 27.1 Å². The Hall–Kier alpha value is -1.61. The summed E-state index contributed by atoms with van der Waals surface area (Å²) in [5.74, 6) is -0.472. The molecule has 1 spiro atoms. The second-order valence-electron chi connectivity index (χ2n) is 5.35. The predicted octanol–water partition coefficient (Wildman–Crippen LogP) is 1.87. The first-order valence-corrected chi connectivity index (χ1v) is 8.05. The molecule has 0 N–H and O–H groups in total. The minimum Gasteiger partial charge on any atom is -0.318 e. The number of benzene rings is 1. The van der Waals surface area contributed by atoms with Crippen LogP contribution in [0.5, 0.6) is 0 Å². The molecule has 1 aromatic rings. The fourth-order valence-electron chi connectivity index (χ4n) is 3.37. The number of carbonyl (C=O) groups excluding carboxylic acids is 1. The summed E-state index contributed by atoms with van der Waals surface area (Å²) >= 11 is 0. The van der Waals surface area contributed by atoms with Crippen LogP contribution in [-0.4, -0.2) is 42.6 Å². The minimum atomic E-state index is -5.53. The molecule has 1 saturated heterocycles. The molecular formula is C13H13F3N2O3S. The van der Waals surface area contributed by atoms with Gasteiger partial charge < -0.3 is 4.90 Å². The van der Waals surface area contributed by atoms with E-state index in [1.807, 2.05) is 0 Å². The molecule has 2 aliphatic rings. The van der Waals surface area contributed by atoms with E-state index in [9.17, 15) is 26.4 Å². The molecule has 0 aliphatic carbocycles. The van der Waals surface area contributed by atoms with Crippen molar-refractivity contribution in [1.29, 1.82) is 0 Å². The highest BCUT2D eigenvalue weighted by Crippen LogP contribution is 2.50. The normalized spacial score (nSPS) is 26.0. The highest BCUT2D eigenvalue weighted by molar-refractivity contribution is 7.90. The first kappa shape index (κ1) is 15.3. The van der Waals surface area contributed by atoms with Crippen LogP contribution in [0.25, 0.3) is 0 Å². The van der Waals surface area contributed by atoms with E-state index in [1.54, 1.807) is 12.1 Å². The van der Waals surface area contributed by atoms with Gasteiger partial charge >= 0.3 is 15.5 Å². The van der Waals surface area contributed by atoms with Gasteiger partial charge in [0, 0.05) is 24.7 Å². The molecule has 2 heterocycles. The lowest BCUT2D eigenvalue weighted by molar-refractivity contribution is -0.0558. The zero-order chi connectivity index (χ0) is 16.3. The molecular weight excluding hydrogens is 321 g/mol. The van der Waals surface area contributed by atoms with Crippen LogP contribution < -0.4 is 0 Å². The first-order chi connectivity index (χ1) is 10.1. The number of alkyl halides is 3. The molecule has 1 unspecified atom stereocenters. The molecule has 5 nitrogen and oxygen atoms in total. The van der Waals surface area contributed by atoms with Crippen LogP contribution in [-0.2, 0) is 15.7 Å². The van der Waals surface area contributed by atoms with Gasteiger partial charge in [0.2, 0.25) is 0 Å². The van der Waals surface area contributed by atoms with Gasteiger partial charge in [0.25, 0.3) is 5.91 Å². The number of carbonyl (C=O) groups is 1. The average Bonchev–Trinajstić information content (AvgIpc) is 2.97. The Balaban J connectivity index is 2.24. The second-order valence-corrected chi connectivity index (χ2v) is 7.21. The molecule has 9 heteroatoms. The van der Waals surface area contributed by atoms with Crippen molar-refractivity contribution in [2.24, 2.45) is 0 Å². The quantitative estimate of drug-likeness (QED) is 0.788. The Morgan fingerprint density at radius 2 is 1.86 bits per heavy atom. The van der Waals surface area contributed by atoms with Gasteiger partial charge in [0.1, 0.15) is 5.66 Å². The monoisotopic (exact) mass is 334 g/mol. The number of rotatable bonds is 1. The fraction of sp³-hybridized carbons (Fsp3) is 0.462. The molecule has 1 fully saturated rings. The van der Waals surface area contributed by atoms with Crippen molar-refractivity contribution in [2.45, 2.75) is 24.0 Å². The summed E-state index contributed by atoms with van der Waals surface area (Å²) in [6.45, 7) is -0.270. The lowest BCUT2D eigenvalue weighted by Gasteiger charge is -2.40. The van der Waals surface area contributed by atoms with E-state index in [0.717, 1.165) is 4.90 Å². The Kier molecular flexibility index (Phi) is 3.09. The largest absolute Gasteiger partial charge is 0.511 e. The number of hydrogen-bond acceptors (Lipinski definition) is 3. The third-order valence-electron chi connectivity index (χ3n) is 4.33. The van der Waals surface area contributed by atoms with Crippen LogP contribution in [0.4, 0.5) is 13.2 Å². The van der Waals surface area contributed by atoms with Gasteiger partial charge in [-0.05, 0) is 18.9 Å². The van der Waals surface area contributed by atoms with E-state index in [4.69, 9.17) is 0 Å². The third kappa shape index (κ3) is 1.69. The van der Waals surface area contributed by atoms with Crippen molar-refractivity contribution in [3.8, 4) is 0 Å². The third-order valence-corrected chi connectivity index (χ3v) is 5.98. The lowest BCUT2D eigenvalue weighted by Crippen LogP contribution is -2.56. The average molecular weight is 334 g/mol. The summed E-state index contributed by atoms with van der Waals surface area (Å²) in [5, 5.41) is 0. The van der Waals surface area contributed by atoms with Crippen molar-refractivity contribution in [3.05, 3.63) is 35.4 Å². The maximum absolute atomic E-state index is 13.0. The SMILES string of the molecule is CN1C(=O)c2ccccc2C12CCCN2S(=O)(=O)C(F)(F)F. The number of amides is 1. The van der Waals surface area contributed by atoms with Crippen molar-refractivity contribution in [2.75, 3.05) is 13.6 Å². The molecule has 120 valence electrons. The van der Waals surface area contributed by atoms with Crippen LogP contribution in [0.1, 0.15) is 28.8 Å². The molecule has 0 bridgehead atoms. The summed E-state index contributed by atoms with van der Waals surface area (Å²) in [4.78, 5) is 13.4. The maximum atomic E-state index is 13.0. The smallest absolute Gasteiger partial charge is 0.318 e. The van der Waals surface area contributed by atoms with Crippen LogP contribution in [0, 0.1) is 0 Å². The van der Waals surface area contributed by atoms with Gasteiger partial charge in [-0.15, -0.1) is 0 Å². The van der Waals surface area contributed by atoms with Gasteiger partial charge in [-0.25, -0.2) is 8.42 Å². The summed E-state index contributed by atoms with van der Waals surface area (Å²) in [6, 6.07) is 6.20. The minimum absolute atomic E-state index is 0.140. The van der Waals surface area contributed by atoms with Gasteiger partial charge in [-0.2, -0.15) is 17.5 Å². The van der Waals surface area contributed by atoms with Crippen LogP contribution in [0.2, 0.25) is 0 Å². The maximum Gasteiger partial charge on any atom is 0.511 e. The predicted molar refractivity (Wildman–Crippen MR) is 71.1 cm³/mol. The Morgan fingerprint density at radius 1 is 1.23 bits per heavy atom. The molecule has 0 aromatic heterocycles. The van der Waals surface area contributed by atoms with Crippen LogP contribution in [0.15, 0.2) is 24.3 Å². The van der Waals surface area contributed by atoms with Crippen molar-refractivity contribution >= 4 is 15.9 Å². The fourth-order valence-corrected chi connectivity index (χ4v) is 4.70. The van der Waals surface area contributed by atoms with Crippen molar-refractivity contribution in [3.63, 3.8) is 0 Å². The lowest BCUT2D eigenvalue weighted by atomic mass is 9.97. The Morgan fingerprint density at radius 3 is 2.50 bits per heavy atom. The Bertz CT molecular complexity index is 747. The zero-order valence-electron chi connectivity index (χ0n) is 11.6. The number of halogens is 3. The van der Waals surface area contributed by atoms with Crippen molar-refractivity contribution in [1.82, 2.24) is 9.21 Å².